The molecule has 1 aromatic carbocycles. The van der Waals surface area contributed by atoms with Crippen LogP contribution in [0.4, 0.5) is 0 Å². The highest BCUT2D eigenvalue weighted by atomic mass is 16.7. The number of phenols is 2. The number of aliphatic hydroxyl groups is 4. The first-order chi connectivity index (χ1) is 10.4. The summed E-state index contributed by atoms with van der Waals surface area (Å²) in [5.41, 5.74) is -0.00356. The van der Waals surface area contributed by atoms with E-state index in [4.69, 9.17) is 14.6 Å². The predicted molar refractivity (Wildman–Crippen MR) is 69.6 cm³/mol. The first-order valence-electron chi connectivity index (χ1n) is 6.37. The average molecular weight is 316 g/mol. The fraction of sp³-hybridized carbons (Fsp3) is 0.462. The van der Waals surface area contributed by atoms with Crippen LogP contribution >= 0.6 is 0 Å². The molecule has 0 saturated carbocycles. The molecule has 1 heterocycles. The lowest BCUT2D eigenvalue weighted by Gasteiger charge is -2.39. The van der Waals surface area contributed by atoms with Crippen molar-refractivity contribution in [3.05, 3.63) is 17.7 Å². The van der Waals surface area contributed by atoms with Gasteiger partial charge in [-0.1, -0.05) is 0 Å². The molecule has 0 aliphatic carbocycles. The largest absolute Gasteiger partial charge is 0.504 e. The molecule has 6 N–H and O–H groups in total. The minimum Gasteiger partial charge on any atom is -0.504 e. The molecule has 1 fully saturated rings. The lowest BCUT2D eigenvalue weighted by Crippen LogP contribution is -2.60. The van der Waals surface area contributed by atoms with E-state index >= 15 is 0 Å². The second-order valence-corrected chi connectivity index (χ2v) is 4.82. The highest BCUT2D eigenvalue weighted by Gasteiger charge is 2.45. The first-order valence-corrected chi connectivity index (χ1v) is 6.37. The lowest BCUT2D eigenvalue weighted by molar-refractivity contribution is -0.277. The number of carbonyl (C=O) groups is 1. The summed E-state index contributed by atoms with van der Waals surface area (Å²) in [4.78, 5) is 10.6. The predicted octanol–water partition coefficient (Wildman–Crippen LogP) is -1.91. The van der Waals surface area contributed by atoms with Gasteiger partial charge in [0, 0.05) is 5.56 Å². The van der Waals surface area contributed by atoms with Crippen LogP contribution in [0.3, 0.4) is 0 Å². The molecule has 1 aliphatic heterocycles. The third-order valence-electron chi connectivity index (χ3n) is 3.29. The summed E-state index contributed by atoms with van der Waals surface area (Å²) in [5, 5.41) is 57.6. The Morgan fingerprint density at radius 1 is 1.09 bits per heavy atom. The summed E-state index contributed by atoms with van der Waals surface area (Å²) in [5.74, 6) is -1.65. The van der Waals surface area contributed by atoms with Crippen LogP contribution in [0.25, 0.3) is 0 Å². The zero-order valence-corrected chi connectivity index (χ0v) is 11.2. The maximum atomic E-state index is 10.6. The number of aliphatic hydroxyl groups excluding tert-OH is 4. The molecule has 0 radical (unpaired) electrons. The van der Waals surface area contributed by atoms with Crippen molar-refractivity contribution in [2.24, 2.45) is 0 Å². The molecule has 0 bridgehead atoms. The van der Waals surface area contributed by atoms with E-state index in [1.165, 1.54) is 0 Å². The van der Waals surface area contributed by atoms with Crippen LogP contribution in [-0.4, -0.2) is 74.2 Å². The lowest BCUT2D eigenvalue weighted by atomic mass is 9.99. The van der Waals surface area contributed by atoms with E-state index < -0.39 is 54.6 Å². The molecule has 9 nitrogen and oxygen atoms in total. The highest BCUT2D eigenvalue weighted by molar-refractivity contribution is 5.78. The van der Waals surface area contributed by atoms with Gasteiger partial charge in [-0.05, 0) is 12.1 Å². The number of aldehydes is 1. The fourth-order valence-corrected chi connectivity index (χ4v) is 2.09. The number of aromatic hydroxyl groups is 2. The van der Waals surface area contributed by atoms with Gasteiger partial charge in [0.05, 0.1) is 6.61 Å². The summed E-state index contributed by atoms with van der Waals surface area (Å²) in [7, 11) is 0. The monoisotopic (exact) mass is 316 g/mol. The van der Waals surface area contributed by atoms with Gasteiger partial charge in [0.2, 0.25) is 12.0 Å². The summed E-state index contributed by atoms with van der Waals surface area (Å²) in [6.45, 7) is -0.646. The standard InChI is InChI=1S/C13H16O9/c14-3-5-1-6(16)12(7(17)2-5)22-13-11(20)10(19)9(18)8(4-15)21-13/h1-3,8-11,13,15-20H,4H2/t8-,9-,10-,11-,13-/m0/s1. The summed E-state index contributed by atoms with van der Waals surface area (Å²) in [6, 6.07) is 2.04. The molecule has 1 aromatic rings. The fourth-order valence-electron chi connectivity index (χ4n) is 2.09. The molecule has 122 valence electrons. The summed E-state index contributed by atoms with van der Waals surface area (Å²) in [6.07, 6.45) is -7.26. The topological polar surface area (TPSA) is 157 Å². The van der Waals surface area contributed by atoms with Crippen LogP contribution in [0.2, 0.25) is 0 Å². The van der Waals surface area contributed by atoms with E-state index in [2.05, 4.69) is 0 Å². The SMILES string of the molecule is O=Cc1cc(O)c(O[C@@H]2O[C@@H](CO)[C@H](O)[C@H](O)[C@@H]2O)c(O)c1. The molecule has 0 amide bonds. The maximum absolute atomic E-state index is 10.6. The van der Waals surface area contributed by atoms with Crippen molar-refractivity contribution >= 4 is 6.29 Å². The van der Waals surface area contributed by atoms with Gasteiger partial charge in [-0.2, -0.15) is 0 Å². The van der Waals surface area contributed by atoms with Crippen LogP contribution in [0.15, 0.2) is 12.1 Å². The Kier molecular flexibility index (Phi) is 4.84. The number of phenolic OH excluding ortho intramolecular Hbond substituents is 2. The van der Waals surface area contributed by atoms with Crippen LogP contribution in [-0.2, 0) is 4.74 Å². The maximum Gasteiger partial charge on any atom is 0.229 e. The van der Waals surface area contributed by atoms with Crippen LogP contribution < -0.4 is 4.74 Å². The van der Waals surface area contributed by atoms with Crippen molar-refractivity contribution in [2.45, 2.75) is 30.7 Å². The van der Waals surface area contributed by atoms with E-state index in [0.717, 1.165) is 12.1 Å². The number of ether oxygens (including phenoxy) is 2. The van der Waals surface area contributed by atoms with E-state index in [1.807, 2.05) is 0 Å². The molecule has 1 aliphatic rings. The highest BCUT2D eigenvalue weighted by Crippen LogP contribution is 2.38. The Labute approximate surface area is 124 Å². The Hall–Kier alpha value is -1.91. The van der Waals surface area contributed by atoms with E-state index in [9.17, 15) is 30.3 Å². The van der Waals surface area contributed by atoms with Gasteiger partial charge in [-0.3, -0.25) is 4.79 Å². The Morgan fingerprint density at radius 3 is 2.18 bits per heavy atom. The number of benzene rings is 1. The van der Waals surface area contributed by atoms with Gasteiger partial charge < -0.3 is 40.1 Å². The van der Waals surface area contributed by atoms with Gasteiger partial charge in [-0.15, -0.1) is 0 Å². The van der Waals surface area contributed by atoms with Crippen molar-refractivity contribution in [1.29, 1.82) is 0 Å². The zero-order valence-electron chi connectivity index (χ0n) is 11.2. The molecule has 1 saturated heterocycles. The number of hydrogen-bond acceptors (Lipinski definition) is 9. The molecule has 0 spiro atoms. The van der Waals surface area contributed by atoms with Crippen molar-refractivity contribution < 1.29 is 44.9 Å². The Morgan fingerprint density at radius 2 is 1.68 bits per heavy atom. The average Bonchev–Trinajstić information content (AvgIpc) is 2.50. The molecule has 0 aromatic heterocycles. The molecule has 9 heteroatoms. The van der Waals surface area contributed by atoms with Gasteiger partial charge in [0.25, 0.3) is 0 Å². The third-order valence-corrected chi connectivity index (χ3v) is 3.29. The molecule has 22 heavy (non-hydrogen) atoms. The second-order valence-electron chi connectivity index (χ2n) is 4.82. The molecule has 2 rings (SSSR count). The quantitative estimate of drug-likeness (QED) is 0.349. The van der Waals surface area contributed by atoms with Crippen molar-refractivity contribution in [3.8, 4) is 17.2 Å². The zero-order chi connectivity index (χ0) is 16.4. The summed E-state index contributed by atoms with van der Waals surface area (Å²) >= 11 is 0. The van der Waals surface area contributed by atoms with Crippen LogP contribution in [0.5, 0.6) is 17.2 Å². The van der Waals surface area contributed by atoms with E-state index in [0.29, 0.717) is 6.29 Å². The third kappa shape index (κ3) is 2.98. The smallest absolute Gasteiger partial charge is 0.229 e. The van der Waals surface area contributed by atoms with E-state index in [1.54, 1.807) is 0 Å². The second kappa shape index (κ2) is 6.46. The number of carbonyl (C=O) groups excluding carboxylic acids is 1. The minimum atomic E-state index is -1.69. The molecular weight excluding hydrogens is 300 g/mol. The first kappa shape index (κ1) is 16.5. The Balaban J connectivity index is 2.24. The van der Waals surface area contributed by atoms with Crippen LogP contribution in [0.1, 0.15) is 10.4 Å². The normalized spacial score (nSPS) is 31.7. The molecule has 5 atom stereocenters. The number of hydrogen-bond donors (Lipinski definition) is 6. The molecule has 0 unspecified atom stereocenters. The molecular formula is C13H16O9. The number of rotatable bonds is 4. The van der Waals surface area contributed by atoms with E-state index in [-0.39, 0.29) is 5.56 Å². The van der Waals surface area contributed by atoms with Crippen molar-refractivity contribution in [2.75, 3.05) is 6.61 Å². The minimum absolute atomic E-state index is 0.00356. The van der Waals surface area contributed by atoms with Gasteiger partial charge in [-0.25, -0.2) is 0 Å². The van der Waals surface area contributed by atoms with Crippen LogP contribution in [0, 0.1) is 0 Å². The van der Waals surface area contributed by atoms with Gasteiger partial charge in [0.1, 0.15) is 30.7 Å². The van der Waals surface area contributed by atoms with Crippen molar-refractivity contribution in [3.63, 3.8) is 0 Å². The summed E-state index contributed by atoms with van der Waals surface area (Å²) < 4.78 is 10.2. The Bertz CT molecular complexity index is 521. The van der Waals surface area contributed by atoms with Gasteiger partial charge >= 0.3 is 0 Å². The van der Waals surface area contributed by atoms with Gasteiger partial charge in [0.15, 0.2) is 11.5 Å². The van der Waals surface area contributed by atoms with Crippen molar-refractivity contribution in [1.82, 2.24) is 0 Å².